The summed E-state index contributed by atoms with van der Waals surface area (Å²) in [4.78, 5) is 11.5. The van der Waals surface area contributed by atoms with Crippen molar-refractivity contribution in [3.63, 3.8) is 0 Å². The van der Waals surface area contributed by atoms with Crippen LogP contribution in [-0.4, -0.2) is 12.5 Å². The molecular formula is C16H29NO. The van der Waals surface area contributed by atoms with Crippen molar-refractivity contribution in [2.45, 2.75) is 77.6 Å². The second-order valence-electron chi connectivity index (χ2n) is 4.88. The number of terminal acetylenes is 1. The van der Waals surface area contributed by atoms with Gasteiger partial charge in [-0.25, -0.2) is 0 Å². The second-order valence-corrected chi connectivity index (χ2v) is 4.88. The number of unbranched alkanes of at least 4 members (excludes halogenated alkanes) is 8. The molecule has 0 saturated carbocycles. The Morgan fingerprint density at radius 1 is 1.00 bits per heavy atom. The van der Waals surface area contributed by atoms with Crippen molar-refractivity contribution in [1.29, 1.82) is 0 Å². The first-order valence-corrected chi connectivity index (χ1v) is 7.51. The smallest absolute Gasteiger partial charge is 0.219 e. The number of carbonyl (C=O) groups excluding carboxylic acids is 1. The highest BCUT2D eigenvalue weighted by Crippen LogP contribution is 2.08. The van der Waals surface area contributed by atoms with Gasteiger partial charge in [-0.05, 0) is 19.3 Å². The summed E-state index contributed by atoms with van der Waals surface area (Å²) in [5.74, 6) is 2.80. The molecule has 1 amide bonds. The molecular weight excluding hydrogens is 222 g/mol. The molecule has 0 aromatic rings. The van der Waals surface area contributed by atoms with Crippen molar-refractivity contribution in [1.82, 2.24) is 5.32 Å². The molecule has 0 unspecified atom stereocenters. The van der Waals surface area contributed by atoms with Crippen LogP contribution in [0.4, 0.5) is 0 Å². The van der Waals surface area contributed by atoms with Gasteiger partial charge in [-0.1, -0.05) is 45.4 Å². The zero-order valence-corrected chi connectivity index (χ0v) is 12.0. The second kappa shape index (κ2) is 14.1. The lowest BCUT2D eigenvalue weighted by molar-refractivity contribution is -0.121. The van der Waals surface area contributed by atoms with E-state index in [9.17, 15) is 4.79 Å². The minimum atomic E-state index is 0.198. The summed E-state index contributed by atoms with van der Waals surface area (Å²) in [5.41, 5.74) is 0. The third kappa shape index (κ3) is 13.1. The molecule has 0 rings (SSSR count). The minimum absolute atomic E-state index is 0.198. The number of nitrogens with one attached hydrogen (secondary N) is 1. The van der Waals surface area contributed by atoms with Gasteiger partial charge in [0.2, 0.25) is 5.91 Å². The van der Waals surface area contributed by atoms with Gasteiger partial charge in [0.05, 0.1) is 0 Å². The largest absolute Gasteiger partial charge is 0.356 e. The van der Waals surface area contributed by atoms with E-state index in [2.05, 4.69) is 18.2 Å². The van der Waals surface area contributed by atoms with Gasteiger partial charge in [0.15, 0.2) is 0 Å². The van der Waals surface area contributed by atoms with Crippen LogP contribution in [0.5, 0.6) is 0 Å². The van der Waals surface area contributed by atoms with Gasteiger partial charge < -0.3 is 5.32 Å². The zero-order chi connectivity index (χ0) is 13.5. The fourth-order valence-electron chi connectivity index (χ4n) is 1.91. The molecule has 104 valence electrons. The molecule has 18 heavy (non-hydrogen) atoms. The summed E-state index contributed by atoms with van der Waals surface area (Å²) in [6, 6.07) is 0. The third-order valence-corrected chi connectivity index (χ3v) is 3.08. The van der Waals surface area contributed by atoms with Crippen molar-refractivity contribution in [2.24, 2.45) is 0 Å². The lowest BCUT2D eigenvalue weighted by Gasteiger charge is -2.04. The Balaban J connectivity index is 3.15. The van der Waals surface area contributed by atoms with Gasteiger partial charge in [0, 0.05) is 19.4 Å². The van der Waals surface area contributed by atoms with E-state index in [-0.39, 0.29) is 5.91 Å². The Kier molecular flexibility index (Phi) is 13.3. The molecule has 2 nitrogen and oxygen atoms in total. The maximum Gasteiger partial charge on any atom is 0.219 e. The molecule has 0 spiro atoms. The maximum atomic E-state index is 11.5. The van der Waals surface area contributed by atoms with Crippen LogP contribution in [0.1, 0.15) is 77.6 Å². The summed E-state index contributed by atoms with van der Waals surface area (Å²) >= 11 is 0. The number of hydrogen-bond acceptors (Lipinski definition) is 1. The highest BCUT2D eigenvalue weighted by molar-refractivity contribution is 5.75. The molecule has 0 aromatic heterocycles. The Morgan fingerprint density at radius 3 is 2.33 bits per heavy atom. The van der Waals surface area contributed by atoms with Crippen LogP contribution in [0.25, 0.3) is 0 Å². The average Bonchev–Trinajstić information content (AvgIpc) is 2.37. The predicted molar refractivity (Wildman–Crippen MR) is 78.3 cm³/mol. The lowest BCUT2D eigenvalue weighted by atomic mass is 10.1. The first-order valence-electron chi connectivity index (χ1n) is 7.51. The number of hydrogen-bond donors (Lipinski definition) is 1. The van der Waals surface area contributed by atoms with Gasteiger partial charge in [-0.15, -0.1) is 12.3 Å². The van der Waals surface area contributed by atoms with Crippen LogP contribution < -0.4 is 5.32 Å². The Morgan fingerprint density at radius 2 is 1.67 bits per heavy atom. The summed E-state index contributed by atoms with van der Waals surface area (Å²) in [6.07, 6.45) is 17.5. The van der Waals surface area contributed by atoms with E-state index in [1.54, 1.807) is 0 Å². The first kappa shape index (κ1) is 17.0. The lowest BCUT2D eigenvalue weighted by Crippen LogP contribution is -2.23. The Hall–Kier alpha value is -0.970. The fraction of sp³-hybridized carbons (Fsp3) is 0.812. The molecule has 1 N–H and O–H groups in total. The standard InChI is InChI=1S/C16H29NO/c1-3-5-7-9-10-11-12-14-16(18)17-15-13-8-6-4-2/h2H,3,5-15H2,1H3,(H,17,18). The van der Waals surface area contributed by atoms with E-state index in [1.807, 2.05) is 0 Å². The average molecular weight is 251 g/mol. The maximum absolute atomic E-state index is 11.5. The van der Waals surface area contributed by atoms with E-state index in [0.717, 1.165) is 32.2 Å². The van der Waals surface area contributed by atoms with E-state index in [0.29, 0.717) is 6.42 Å². The van der Waals surface area contributed by atoms with Gasteiger partial charge in [0.1, 0.15) is 0 Å². The third-order valence-electron chi connectivity index (χ3n) is 3.08. The van der Waals surface area contributed by atoms with Crippen molar-refractivity contribution >= 4 is 5.91 Å². The molecule has 0 aromatic carbocycles. The molecule has 0 aliphatic rings. The van der Waals surface area contributed by atoms with Crippen molar-refractivity contribution < 1.29 is 4.79 Å². The predicted octanol–water partition coefficient (Wildman–Crippen LogP) is 4.05. The van der Waals surface area contributed by atoms with Gasteiger partial charge in [-0.2, -0.15) is 0 Å². The fourth-order valence-corrected chi connectivity index (χ4v) is 1.91. The van der Waals surface area contributed by atoms with Gasteiger partial charge >= 0.3 is 0 Å². The molecule has 0 heterocycles. The Labute approximate surface area is 113 Å². The van der Waals surface area contributed by atoms with Crippen LogP contribution in [0.2, 0.25) is 0 Å². The summed E-state index contributed by atoms with van der Waals surface area (Å²) in [5, 5.41) is 2.95. The van der Waals surface area contributed by atoms with E-state index in [4.69, 9.17) is 6.42 Å². The van der Waals surface area contributed by atoms with Crippen LogP contribution in [-0.2, 0) is 4.79 Å². The molecule has 0 aliphatic heterocycles. The highest BCUT2D eigenvalue weighted by Gasteiger charge is 1.99. The van der Waals surface area contributed by atoms with Crippen LogP contribution in [0, 0.1) is 12.3 Å². The summed E-state index contributed by atoms with van der Waals surface area (Å²) in [7, 11) is 0. The normalized spacial score (nSPS) is 10.0. The topological polar surface area (TPSA) is 29.1 Å². The molecule has 0 atom stereocenters. The van der Waals surface area contributed by atoms with Crippen LogP contribution >= 0.6 is 0 Å². The number of rotatable bonds is 12. The quantitative estimate of drug-likeness (QED) is 0.411. The monoisotopic (exact) mass is 251 g/mol. The zero-order valence-electron chi connectivity index (χ0n) is 12.0. The highest BCUT2D eigenvalue weighted by atomic mass is 16.1. The SMILES string of the molecule is C#CCCCCNC(=O)CCCCCCCCC. The van der Waals surface area contributed by atoms with Crippen molar-refractivity contribution in [2.75, 3.05) is 6.54 Å². The first-order chi connectivity index (χ1) is 8.81. The molecule has 0 aliphatic carbocycles. The molecule has 0 bridgehead atoms. The number of carbonyl (C=O) groups is 1. The van der Waals surface area contributed by atoms with E-state index in [1.165, 1.54) is 38.5 Å². The van der Waals surface area contributed by atoms with Crippen molar-refractivity contribution in [3.05, 3.63) is 0 Å². The number of amides is 1. The molecule has 2 heteroatoms. The molecule has 0 fully saturated rings. The molecule has 0 saturated heterocycles. The van der Waals surface area contributed by atoms with Gasteiger partial charge in [-0.3, -0.25) is 4.79 Å². The summed E-state index contributed by atoms with van der Waals surface area (Å²) < 4.78 is 0. The van der Waals surface area contributed by atoms with Gasteiger partial charge in [0.25, 0.3) is 0 Å². The Bertz CT molecular complexity index is 230. The van der Waals surface area contributed by atoms with Crippen molar-refractivity contribution in [3.8, 4) is 12.3 Å². The van der Waals surface area contributed by atoms with E-state index >= 15 is 0 Å². The minimum Gasteiger partial charge on any atom is -0.356 e. The van der Waals surface area contributed by atoms with Crippen LogP contribution in [0.15, 0.2) is 0 Å². The van der Waals surface area contributed by atoms with Crippen LogP contribution in [0.3, 0.4) is 0 Å². The summed E-state index contributed by atoms with van der Waals surface area (Å²) in [6.45, 7) is 3.00. The molecule has 0 radical (unpaired) electrons. The van der Waals surface area contributed by atoms with E-state index < -0.39 is 0 Å².